The molecule has 2 heterocycles. The Morgan fingerprint density at radius 1 is 0.600 bits per heavy atom. The standard InChI is InChI=1S/C36H36O14/c1-21(37)45-28-27(20-44-35(42-3)30(28)46-22(2)38)48-36-31(50-34(41)25-17-11-6-12-18-25)29(49-33(40)24-15-9-5-10-16-24)26(47-36)19-43-32(39)23-13-7-4-8-14-23/h4-18,26-31,35-36H,19-20H2,1-3H3/t26-,27+,28+,29+,30+,31+,35-,36+/m1/s1. The summed E-state index contributed by atoms with van der Waals surface area (Å²) < 4.78 is 51.8. The van der Waals surface area contributed by atoms with Gasteiger partial charge in [-0.05, 0) is 36.4 Å². The van der Waals surface area contributed by atoms with E-state index in [9.17, 15) is 24.0 Å². The molecule has 0 aromatic heterocycles. The van der Waals surface area contributed by atoms with Crippen LogP contribution in [0.5, 0.6) is 0 Å². The molecule has 2 aliphatic heterocycles. The van der Waals surface area contributed by atoms with Crippen molar-refractivity contribution in [2.24, 2.45) is 0 Å². The fraction of sp³-hybridized carbons (Fsp3) is 0.361. The summed E-state index contributed by atoms with van der Waals surface area (Å²) in [5.41, 5.74) is 0.626. The molecule has 0 saturated carbocycles. The van der Waals surface area contributed by atoms with Crippen molar-refractivity contribution < 1.29 is 66.6 Å². The van der Waals surface area contributed by atoms with E-state index in [1.807, 2.05) is 0 Å². The lowest BCUT2D eigenvalue weighted by Crippen LogP contribution is -2.58. The van der Waals surface area contributed by atoms with Crippen molar-refractivity contribution in [3.8, 4) is 0 Å². The topological polar surface area (TPSA) is 168 Å². The minimum absolute atomic E-state index is 0.176. The second-order valence-electron chi connectivity index (χ2n) is 11.2. The molecule has 14 heteroatoms. The molecule has 50 heavy (non-hydrogen) atoms. The van der Waals surface area contributed by atoms with E-state index in [2.05, 4.69) is 0 Å². The summed E-state index contributed by atoms with van der Waals surface area (Å²) in [5.74, 6) is -3.70. The smallest absolute Gasteiger partial charge is 0.338 e. The van der Waals surface area contributed by atoms with Crippen molar-refractivity contribution in [1.29, 1.82) is 0 Å². The fourth-order valence-corrected chi connectivity index (χ4v) is 5.44. The third-order valence-electron chi connectivity index (χ3n) is 7.69. The van der Waals surface area contributed by atoms with Crippen molar-refractivity contribution in [3.63, 3.8) is 0 Å². The molecule has 2 saturated heterocycles. The molecule has 8 atom stereocenters. The Morgan fingerprint density at radius 2 is 1.06 bits per heavy atom. The Bertz CT molecular complexity index is 1620. The number of hydrogen-bond donors (Lipinski definition) is 0. The van der Waals surface area contributed by atoms with Gasteiger partial charge in [0.25, 0.3) is 0 Å². The SMILES string of the molecule is CO[C@@H]1OC[C@H](O[C@@H]2O[C@H](COC(=O)c3ccccc3)[C@H](OC(=O)c3ccccc3)[C@@H]2OC(=O)c2ccccc2)[C@H](OC(C)=O)[C@@H]1OC(C)=O. The van der Waals surface area contributed by atoms with Gasteiger partial charge in [-0.15, -0.1) is 0 Å². The van der Waals surface area contributed by atoms with E-state index < -0.39 is 85.7 Å². The average molecular weight is 693 g/mol. The van der Waals surface area contributed by atoms with Crippen molar-refractivity contribution in [2.75, 3.05) is 20.3 Å². The van der Waals surface area contributed by atoms with Crippen LogP contribution in [0.4, 0.5) is 0 Å². The van der Waals surface area contributed by atoms with Crippen LogP contribution in [0.25, 0.3) is 0 Å². The van der Waals surface area contributed by atoms with Gasteiger partial charge in [0.15, 0.2) is 37.0 Å². The molecule has 3 aromatic carbocycles. The van der Waals surface area contributed by atoms with Crippen LogP contribution in [0.3, 0.4) is 0 Å². The largest absolute Gasteiger partial charge is 0.459 e. The molecule has 0 aliphatic carbocycles. The van der Waals surface area contributed by atoms with E-state index in [1.54, 1.807) is 66.7 Å². The number of hydrogen-bond acceptors (Lipinski definition) is 14. The number of ether oxygens (including phenoxy) is 9. The van der Waals surface area contributed by atoms with E-state index in [0.717, 1.165) is 13.8 Å². The van der Waals surface area contributed by atoms with Gasteiger partial charge >= 0.3 is 29.8 Å². The highest BCUT2D eigenvalue weighted by atomic mass is 16.8. The average Bonchev–Trinajstić information content (AvgIpc) is 3.43. The highest BCUT2D eigenvalue weighted by Crippen LogP contribution is 2.33. The summed E-state index contributed by atoms with van der Waals surface area (Å²) in [4.78, 5) is 63.9. The number of methoxy groups -OCH3 is 1. The van der Waals surface area contributed by atoms with E-state index in [4.69, 9.17) is 42.6 Å². The van der Waals surface area contributed by atoms with Gasteiger partial charge in [0.05, 0.1) is 23.3 Å². The zero-order valence-corrected chi connectivity index (χ0v) is 27.4. The molecule has 0 unspecified atom stereocenters. The van der Waals surface area contributed by atoms with Crippen molar-refractivity contribution in [2.45, 2.75) is 63.1 Å². The van der Waals surface area contributed by atoms with Gasteiger partial charge in [0, 0.05) is 21.0 Å². The lowest BCUT2D eigenvalue weighted by atomic mass is 10.0. The fourth-order valence-electron chi connectivity index (χ4n) is 5.44. The third-order valence-corrected chi connectivity index (χ3v) is 7.69. The maximum absolute atomic E-state index is 13.4. The number of esters is 5. The van der Waals surface area contributed by atoms with Gasteiger partial charge in [-0.25, -0.2) is 14.4 Å². The first-order valence-corrected chi connectivity index (χ1v) is 15.7. The molecule has 0 N–H and O–H groups in total. The van der Waals surface area contributed by atoms with Crippen molar-refractivity contribution in [3.05, 3.63) is 108 Å². The Kier molecular flexibility index (Phi) is 12.3. The van der Waals surface area contributed by atoms with E-state index >= 15 is 0 Å². The van der Waals surface area contributed by atoms with Crippen LogP contribution < -0.4 is 0 Å². The molecule has 264 valence electrons. The second kappa shape index (κ2) is 17.0. The molecule has 3 aromatic rings. The summed E-state index contributed by atoms with van der Waals surface area (Å²) in [6, 6.07) is 24.3. The van der Waals surface area contributed by atoms with Gasteiger partial charge in [-0.2, -0.15) is 0 Å². The first-order valence-electron chi connectivity index (χ1n) is 15.7. The summed E-state index contributed by atoms with van der Waals surface area (Å²) in [5, 5.41) is 0. The monoisotopic (exact) mass is 692 g/mol. The number of rotatable bonds is 12. The van der Waals surface area contributed by atoms with Gasteiger partial charge in [0.1, 0.15) is 18.8 Å². The quantitative estimate of drug-likeness (QED) is 0.200. The van der Waals surface area contributed by atoms with Crippen LogP contribution in [-0.2, 0) is 52.2 Å². The molecule has 0 spiro atoms. The van der Waals surface area contributed by atoms with Crippen LogP contribution in [0.15, 0.2) is 91.0 Å². The van der Waals surface area contributed by atoms with E-state index in [1.165, 1.54) is 31.4 Å². The maximum Gasteiger partial charge on any atom is 0.338 e. The Balaban J connectivity index is 1.48. The predicted octanol–water partition coefficient (Wildman–Crippen LogP) is 3.27. The number of benzene rings is 3. The Morgan fingerprint density at radius 3 is 1.56 bits per heavy atom. The molecule has 2 fully saturated rings. The van der Waals surface area contributed by atoms with Crippen LogP contribution in [0, 0.1) is 0 Å². The molecular weight excluding hydrogens is 656 g/mol. The van der Waals surface area contributed by atoms with Crippen molar-refractivity contribution in [1.82, 2.24) is 0 Å². The van der Waals surface area contributed by atoms with E-state index in [-0.39, 0.29) is 23.3 Å². The highest BCUT2D eigenvalue weighted by molar-refractivity contribution is 5.91. The first-order chi connectivity index (χ1) is 24.1. The molecule has 0 radical (unpaired) electrons. The Labute approximate surface area is 287 Å². The minimum atomic E-state index is -1.51. The summed E-state index contributed by atoms with van der Waals surface area (Å²) in [7, 11) is 1.32. The molecule has 0 bridgehead atoms. The highest BCUT2D eigenvalue weighted by Gasteiger charge is 2.54. The van der Waals surface area contributed by atoms with Gasteiger partial charge in [-0.3, -0.25) is 9.59 Å². The normalized spacial score (nSPS) is 25.9. The molecule has 2 aliphatic rings. The molecule has 14 nitrogen and oxygen atoms in total. The zero-order valence-electron chi connectivity index (χ0n) is 27.4. The lowest BCUT2D eigenvalue weighted by Gasteiger charge is -2.41. The summed E-state index contributed by atoms with van der Waals surface area (Å²) in [6.07, 6.45) is -10.4. The zero-order chi connectivity index (χ0) is 35.6. The van der Waals surface area contributed by atoms with Crippen LogP contribution in [-0.4, -0.2) is 99.4 Å². The van der Waals surface area contributed by atoms with Gasteiger partial charge in [-0.1, -0.05) is 54.6 Å². The van der Waals surface area contributed by atoms with Crippen molar-refractivity contribution >= 4 is 29.8 Å². The van der Waals surface area contributed by atoms with Crippen LogP contribution in [0.1, 0.15) is 44.9 Å². The minimum Gasteiger partial charge on any atom is -0.459 e. The molecular formula is C36H36O14. The second-order valence-corrected chi connectivity index (χ2v) is 11.2. The first kappa shape index (κ1) is 36.1. The van der Waals surface area contributed by atoms with Crippen LogP contribution >= 0.6 is 0 Å². The Hall–Kier alpha value is -5.15. The predicted molar refractivity (Wildman–Crippen MR) is 169 cm³/mol. The van der Waals surface area contributed by atoms with Gasteiger partial charge < -0.3 is 42.6 Å². The molecule has 0 amide bonds. The molecule has 5 rings (SSSR count). The van der Waals surface area contributed by atoms with Crippen LogP contribution in [0.2, 0.25) is 0 Å². The van der Waals surface area contributed by atoms with Gasteiger partial charge in [0.2, 0.25) is 0 Å². The lowest BCUT2D eigenvalue weighted by molar-refractivity contribution is -0.302. The maximum atomic E-state index is 13.4. The van der Waals surface area contributed by atoms with E-state index in [0.29, 0.717) is 0 Å². The third kappa shape index (κ3) is 9.09. The number of carbonyl (C=O) groups excluding carboxylic acids is 5. The summed E-state index contributed by atoms with van der Waals surface area (Å²) in [6.45, 7) is 1.62. The number of carbonyl (C=O) groups is 5. The summed E-state index contributed by atoms with van der Waals surface area (Å²) >= 11 is 0.